The van der Waals surface area contributed by atoms with Crippen molar-refractivity contribution >= 4 is 0 Å². The summed E-state index contributed by atoms with van der Waals surface area (Å²) in [4.78, 5) is 0. The molecule has 4 heteroatoms. The highest BCUT2D eigenvalue weighted by Gasteiger charge is 2.14. The molecule has 1 atom stereocenters. The average Bonchev–Trinajstić information content (AvgIpc) is 2.59. The molecule has 0 saturated heterocycles. The van der Waals surface area contributed by atoms with E-state index in [0.717, 1.165) is 29.2 Å². The van der Waals surface area contributed by atoms with Gasteiger partial charge in [-0.3, -0.25) is 0 Å². The van der Waals surface area contributed by atoms with Crippen LogP contribution in [0.15, 0.2) is 42.5 Å². The molecule has 1 unspecified atom stereocenters. The van der Waals surface area contributed by atoms with Gasteiger partial charge in [0.25, 0.3) is 0 Å². The van der Waals surface area contributed by atoms with Crippen molar-refractivity contribution in [2.24, 2.45) is 5.73 Å². The van der Waals surface area contributed by atoms with E-state index in [0.29, 0.717) is 13.2 Å². The number of benzene rings is 2. The van der Waals surface area contributed by atoms with E-state index in [-0.39, 0.29) is 5.92 Å². The summed E-state index contributed by atoms with van der Waals surface area (Å²) in [6.07, 6.45) is 0.854. The van der Waals surface area contributed by atoms with Crippen LogP contribution in [0.25, 0.3) is 0 Å². The maximum absolute atomic E-state index is 6.01. The van der Waals surface area contributed by atoms with Gasteiger partial charge in [-0.05, 0) is 55.3 Å². The second kappa shape index (κ2) is 8.44. The Kier molecular flexibility index (Phi) is 6.29. The molecule has 0 saturated carbocycles. The SMILES string of the molecule is CCOc1cccc(CC(CN)c2ccc(OC)c(OC)c2)c1. The third kappa shape index (κ3) is 4.39. The van der Waals surface area contributed by atoms with Crippen molar-refractivity contribution in [3.63, 3.8) is 0 Å². The first-order valence-electron chi connectivity index (χ1n) is 7.85. The van der Waals surface area contributed by atoms with Crippen molar-refractivity contribution in [1.29, 1.82) is 0 Å². The molecule has 2 aromatic carbocycles. The molecule has 2 aromatic rings. The van der Waals surface area contributed by atoms with E-state index in [4.69, 9.17) is 19.9 Å². The molecule has 0 heterocycles. The molecule has 0 spiro atoms. The summed E-state index contributed by atoms with van der Waals surface area (Å²) in [6, 6.07) is 14.1. The minimum atomic E-state index is 0.215. The summed E-state index contributed by atoms with van der Waals surface area (Å²) >= 11 is 0. The van der Waals surface area contributed by atoms with Gasteiger partial charge in [-0.25, -0.2) is 0 Å². The Morgan fingerprint density at radius 3 is 2.43 bits per heavy atom. The van der Waals surface area contributed by atoms with E-state index in [1.54, 1.807) is 14.2 Å². The first kappa shape index (κ1) is 17.2. The molecule has 124 valence electrons. The zero-order valence-corrected chi connectivity index (χ0v) is 14.0. The summed E-state index contributed by atoms with van der Waals surface area (Å²) in [7, 11) is 3.28. The van der Waals surface area contributed by atoms with Crippen LogP contribution in [-0.2, 0) is 6.42 Å². The molecule has 0 aliphatic heterocycles. The fourth-order valence-corrected chi connectivity index (χ4v) is 2.66. The second-order valence-corrected chi connectivity index (χ2v) is 5.33. The number of ether oxygens (including phenoxy) is 3. The Balaban J connectivity index is 2.21. The van der Waals surface area contributed by atoms with Crippen LogP contribution in [0.4, 0.5) is 0 Å². The van der Waals surface area contributed by atoms with Gasteiger partial charge in [-0.1, -0.05) is 18.2 Å². The molecular weight excluding hydrogens is 290 g/mol. The Hall–Kier alpha value is -2.20. The van der Waals surface area contributed by atoms with E-state index in [2.05, 4.69) is 12.1 Å². The fraction of sp³-hybridized carbons (Fsp3) is 0.368. The van der Waals surface area contributed by atoms with Gasteiger partial charge in [-0.15, -0.1) is 0 Å². The summed E-state index contributed by atoms with van der Waals surface area (Å²) in [5, 5.41) is 0. The van der Waals surface area contributed by atoms with Crippen LogP contribution in [-0.4, -0.2) is 27.4 Å². The zero-order chi connectivity index (χ0) is 16.7. The van der Waals surface area contributed by atoms with Crippen LogP contribution in [0.2, 0.25) is 0 Å². The van der Waals surface area contributed by atoms with Gasteiger partial charge < -0.3 is 19.9 Å². The number of rotatable bonds is 8. The van der Waals surface area contributed by atoms with Gasteiger partial charge in [0.1, 0.15) is 5.75 Å². The van der Waals surface area contributed by atoms with E-state index in [1.165, 1.54) is 5.56 Å². The van der Waals surface area contributed by atoms with Crippen molar-refractivity contribution in [3.8, 4) is 17.2 Å². The molecule has 0 aliphatic rings. The Morgan fingerprint density at radius 1 is 1.00 bits per heavy atom. The molecule has 0 aromatic heterocycles. The maximum Gasteiger partial charge on any atom is 0.160 e. The summed E-state index contributed by atoms with van der Waals surface area (Å²) in [6.45, 7) is 3.22. The normalized spacial score (nSPS) is 11.8. The van der Waals surface area contributed by atoms with Crippen molar-refractivity contribution in [3.05, 3.63) is 53.6 Å². The molecule has 4 nitrogen and oxygen atoms in total. The zero-order valence-electron chi connectivity index (χ0n) is 14.0. The highest BCUT2D eigenvalue weighted by atomic mass is 16.5. The first-order valence-corrected chi connectivity index (χ1v) is 7.85. The van der Waals surface area contributed by atoms with Gasteiger partial charge >= 0.3 is 0 Å². The molecule has 0 aliphatic carbocycles. The lowest BCUT2D eigenvalue weighted by atomic mass is 9.91. The molecule has 0 bridgehead atoms. The number of hydrogen-bond acceptors (Lipinski definition) is 4. The molecule has 2 N–H and O–H groups in total. The van der Waals surface area contributed by atoms with E-state index in [9.17, 15) is 0 Å². The topological polar surface area (TPSA) is 53.7 Å². The minimum absolute atomic E-state index is 0.215. The fourth-order valence-electron chi connectivity index (χ4n) is 2.66. The van der Waals surface area contributed by atoms with Gasteiger partial charge in [0.05, 0.1) is 20.8 Å². The molecule has 0 fully saturated rings. The third-order valence-electron chi connectivity index (χ3n) is 3.86. The van der Waals surface area contributed by atoms with Crippen molar-refractivity contribution in [1.82, 2.24) is 0 Å². The van der Waals surface area contributed by atoms with Gasteiger partial charge in [0.2, 0.25) is 0 Å². The highest BCUT2D eigenvalue weighted by molar-refractivity contribution is 5.44. The van der Waals surface area contributed by atoms with Crippen LogP contribution in [0, 0.1) is 0 Å². The lowest BCUT2D eigenvalue weighted by Gasteiger charge is -2.18. The van der Waals surface area contributed by atoms with Crippen molar-refractivity contribution in [2.45, 2.75) is 19.3 Å². The van der Waals surface area contributed by atoms with Crippen molar-refractivity contribution in [2.75, 3.05) is 27.4 Å². The minimum Gasteiger partial charge on any atom is -0.494 e. The average molecular weight is 315 g/mol. The van der Waals surface area contributed by atoms with Gasteiger partial charge in [-0.2, -0.15) is 0 Å². The Morgan fingerprint density at radius 2 is 1.78 bits per heavy atom. The van der Waals surface area contributed by atoms with Crippen LogP contribution in [0.5, 0.6) is 17.2 Å². The highest BCUT2D eigenvalue weighted by Crippen LogP contribution is 2.32. The maximum atomic E-state index is 6.01. The standard InChI is InChI=1S/C19H25NO3/c1-4-23-17-7-5-6-14(11-17)10-16(13-20)15-8-9-18(21-2)19(12-15)22-3/h5-9,11-12,16H,4,10,13,20H2,1-3H3. The lowest BCUT2D eigenvalue weighted by Crippen LogP contribution is -2.15. The smallest absolute Gasteiger partial charge is 0.160 e. The molecule has 2 rings (SSSR count). The Labute approximate surface area is 138 Å². The summed E-state index contributed by atoms with van der Waals surface area (Å²) < 4.78 is 16.2. The predicted octanol–water partition coefficient (Wildman–Crippen LogP) is 3.39. The largest absolute Gasteiger partial charge is 0.494 e. The van der Waals surface area contributed by atoms with Crippen LogP contribution >= 0.6 is 0 Å². The van der Waals surface area contributed by atoms with E-state index >= 15 is 0 Å². The number of nitrogens with two attached hydrogens (primary N) is 1. The predicted molar refractivity (Wildman–Crippen MR) is 92.7 cm³/mol. The number of hydrogen-bond donors (Lipinski definition) is 1. The monoisotopic (exact) mass is 315 g/mol. The van der Waals surface area contributed by atoms with E-state index < -0.39 is 0 Å². The van der Waals surface area contributed by atoms with Gasteiger partial charge in [0.15, 0.2) is 11.5 Å². The van der Waals surface area contributed by atoms with Crippen molar-refractivity contribution < 1.29 is 14.2 Å². The molecular formula is C19H25NO3. The Bertz CT molecular complexity index is 628. The third-order valence-corrected chi connectivity index (χ3v) is 3.86. The molecule has 23 heavy (non-hydrogen) atoms. The lowest BCUT2D eigenvalue weighted by molar-refractivity contribution is 0.340. The summed E-state index contributed by atoms with van der Waals surface area (Å²) in [5.41, 5.74) is 8.36. The number of methoxy groups -OCH3 is 2. The first-order chi connectivity index (χ1) is 11.2. The molecule has 0 amide bonds. The van der Waals surface area contributed by atoms with Crippen LogP contribution in [0.1, 0.15) is 24.0 Å². The second-order valence-electron chi connectivity index (χ2n) is 5.33. The van der Waals surface area contributed by atoms with Crippen LogP contribution < -0.4 is 19.9 Å². The quantitative estimate of drug-likeness (QED) is 0.811. The van der Waals surface area contributed by atoms with E-state index in [1.807, 2.05) is 37.3 Å². The van der Waals surface area contributed by atoms with Crippen LogP contribution in [0.3, 0.4) is 0 Å². The molecule has 0 radical (unpaired) electrons. The summed E-state index contributed by atoms with van der Waals surface area (Å²) in [5.74, 6) is 2.57. The van der Waals surface area contributed by atoms with Gasteiger partial charge in [0, 0.05) is 5.92 Å².